The zero-order valence-corrected chi connectivity index (χ0v) is 21.1. The lowest BCUT2D eigenvalue weighted by atomic mass is 10.0. The van der Waals surface area contributed by atoms with Crippen LogP contribution >= 0.6 is 0 Å². The predicted molar refractivity (Wildman–Crippen MR) is 162 cm³/mol. The number of aromatic nitrogens is 3. The Hall–Kier alpha value is -5.28. The van der Waals surface area contributed by atoms with Crippen LogP contribution in [0.15, 0.2) is 140 Å². The van der Waals surface area contributed by atoms with E-state index in [1.54, 1.807) is 0 Å². The maximum absolute atomic E-state index is 5.23. The number of rotatable bonds is 3. The van der Waals surface area contributed by atoms with Crippen LogP contribution < -0.4 is 0 Å². The molecule has 3 heteroatoms. The maximum atomic E-state index is 5.23. The maximum Gasteiger partial charge on any atom is 0.0973 e. The molecule has 0 bridgehead atoms. The molecular formula is C36H23N3. The first kappa shape index (κ1) is 21.8. The fourth-order valence-corrected chi connectivity index (χ4v) is 5.71. The van der Waals surface area contributed by atoms with Gasteiger partial charge in [0.05, 0.1) is 33.5 Å². The van der Waals surface area contributed by atoms with Crippen molar-refractivity contribution in [1.29, 1.82) is 0 Å². The summed E-state index contributed by atoms with van der Waals surface area (Å²) in [5, 5.41) is 4.97. The van der Waals surface area contributed by atoms with E-state index in [4.69, 9.17) is 9.97 Å². The highest BCUT2D eigenvalue weighted by molar-refractivity contribution is 6.13. The van der Waals surface area contributed by atoms with Crippen LogP contribution in [0.4, 0.5) is 0 Å². The van der Waals surface area contributed by atoms with Crippen molar-refractivity contribution in [3.05, 3.63) is 140 Å². The summed E-state index contributed by atoms with van der Waals surface area (Å²) in [4.78, 5) is 10.4. The average Bonchev–Trinajstić information content (AvgIpc) is 3.33. The van der Waals surface area contributed by atoms with Gasteiger partial charge in [0.25, 0.3) is 0 Å². The molecule has 0 atom stereocenters. The number of hydrogen-bond acceptors (Lipinski definition) is 2. The van der Waals surface area contributed by atoms with Crippen LogP contribution in [0.25, 0.3) is 71.8 Å². The van der Waals surface area contributed by atoms with Crippen LogP contribution in [0.5, 0.6) is 0 Å². The van der Waals surface area contributed by atoms with Crippen molar-refractivity contribution in [2.45, 2.75) is 0 Å². The number of fused-ring (bicyclic) bond motifs is 5. The van der Waals surface area contributed by atoms with E-state index in [9.17, 15) is 0 Å². The third-order valence-electron chi connectivity index (χ3n) is 7.54. The monoisotopic (exact) mass is 497 g/mol. The Kier molecular flexibility index (Phi) is 4.82. The molecule has 8 aromatic rings. The molecule has 182 valence electrons. The van der Waals surface area contributed by atoms with Crippen molar-refractivity contribution >= 4 is 43.6 Å². The average molecular weight is 498 g/mol. The van der Waals surface area contributed by atoms with Gasteiger partial charge in [0, 0.05) is 27.6 Å². The van der Waals surface area contributed by atoms with Crippen molar-refractivity contribution in [3.63, 3.8) is 0 Å². The van der Waals surface area contributed by atoms with Crippen LogP contribution in [0.3, 0.4) is 0 Å². The van der Waals surface area contributed by atoms with Crippen molar-refractivity contribution in [2.24, 2.45) is 0 Å². The first-order valence-electron chi connectivity index (χ1n) is 13.2. The smallest absolute Gasteiger partial charge is 0.0973 e. The Morgan fingerprint density at radius 3 is 1.72 bits per heavy atom. The standard InChI is InChI=1S/C36H23N3/c1-3-11-24(12-4-1)35-36(25-13-5-2-6-14-25)38-32-23-28(19-20-31(32)37-35)39-33-18-10-9-17-29(33)30-21-26-15-7-8-16-27(26)22-34(30)39/h1-23H. The Labute approximate surface area is 225 Å². The number of para-hydroxylation sites is 1. The molecule has 2 aromatic heterocycles. The summed E-state index contributed by atoms with van der Waals surface area (Å²) in [5.41, 5.74) is 9.09. The van der Waals surface area contributed by atoms with Gasteiger partial charge in [0.2, 0.25) is 0 Å². The number of benzene rings is 6. The zero-order valence-electron chi connectivity index (χ0n) is 21.1. The van der Waals surface area contributed by atoms with Crippen molar-refractivity contribution in [2.75, 3.05) is 0 Å². The Morgan fingerprint density at radius 2 is 1.00 bits per heavy atom. The van der Waals surface area contributed by atoms with Crippen molar-refractivity contribution < 1.29 is 0 Å². The second-order valence-electron chi connectivity index (χ2n) is 9.89. The van der Waals surface area contributed by atoms with Gasteiger partial charge in [0.15, 0.2) is 0 Å². The molecule has 8 rings (SSSR count). The highest BCUT2D eigenvalue weighted by atomic mass is 15.0. The topological polar surface area (TPSA) is 30.7 Å². The molecule has 0 amide bonds. The van der Waals surface area contributed by atoms with Gasteiger partial charge < -0.3 is 4.57 Å². The third-order valence-corrected chi connectivity index (χ3v) is 7.54. The van der Waals surface area contributed by atoms with Crippen LogP contribution in [-0.4, -0.2) is 14.5 Å². The molecule has 0 fully saturated rings. The minimum atomic E-state index is 0.873. The van der Waals surface area contributed by atoms with Gasteiger partial charge in [-0.1, -0.05) is 103 Å². The van der Waals surface area contributed by atoms with Crippen LogP contribution in [0.2, 0.25) is 0 Å². The Bertz CT molecular complexity index is 2160. The largest absolute Gasteiger partial charge is 0.309 e. The SMILES string of the molecule is c1ccc(-c2nc3ccc(-n4c5ccccc5c5cc6ccccc6cc54)cc3nc2-c2ccccc2)cc1. The summed E-state index contributed by atoms with van der Waals surface area (Å²) in [6, 6.07) is 48.9. The summed E-state index contributed by atoms with van der Waals surface area (Å²) in [6.45, 7) is 0. The fraction of sp³-hybridized carbons (Fsp3) is 0. The minimum absolute atomic E-state index is 0.873. The first-order valence-corrected chi connectivity index (χ1v) is 13.2. The molecule has 6 aromatic carbocycles. The second kappa shape index (κ2) is 8.64. The van der Waals surface area contributed by atoms with Crippen molar-refractivity contribution in [1.82, 2.24) is 14.5 Å². The first-order chi connectivity index (χ1) is 19.3. The van der Waals surface area contributed by atoms with E-state index in [1.165, 1.54) is 32.6 Å². The Morgan fingerprint density at radius 1 is 0.410 bits per heavy atom. The van der Waals surface area contributed by atoms with E-state index in [0.29, 0.717) is 0 Å². The molecule has 0 saturated carbocycles. The lowest BCUT2D eigenvalue weighted by Crippen LogP contribution is -1.98. The fourth-order valence-electron chi connectivity index (χ4n) is 5.71. The summed E-state index contributed by atoms with van der Waals surface area (Å²) in [5.74, 6) is 0. The van der Waals surface area contributed by atoms with E-state index < -0.39 is 0 Å². The molecule has 0 aliphatic rings. The molecule has 3 nitrogen and oxygen atoms in total. The quantitative estimate of drug-likeness (QED) is 0.244. The predicted octanol–water partition coefficient (Wildman–Crippen LogP) is 9.21. The highest BCUT2D eigenvalue weighted by Crippen LogP contribution is 2.36. The molecule has 0 unspecified atom stereocenters. The molecule has 2 heterocycles. The molecule has 0 spiro atoms. The molecule has 0 radical (unpaired) electrons. The van der Waals surface area contributed by atoms with Gasteiger partial charge >= 0.3 is 0 Å². The third kappa shape index (κ3) is 3.52. The van der Waals surface area contributed by atoms with E-state index in [2.05, 4.69) is 120 Å². The van der Waals surface area contributed by atoms with Gasteiger partial charge in [-0.05, 0) is 47.2 Å². The number of hydrogen-bond donors (Lipinski definition) is 0. The number of nitrogens with zero attached hydrogens (tertiary/aromatic N) is 3. The molecule has 39 heavy (non-hydrogen) atoms. The summed E-state index contributed by atoms with van der Waals surface area (Å²) in [7, 11) is 0. The van der Waals surface area contributed by atoms with Crippen LogP contribution in [0.1, 0.15) is 0 Å². The zero-order chi connectivity index (χ0) is 25.8. The van der Waals surface area contributed by atoms with E-state index in [1.807, 2.05) is 24.3 Å². The van der Waals surface area contributed by atoms with Crippen LogP contribution in [0, 0.1) is 0 Å². The molecule has 0 aliphatic heterocycles. The normalized spacial score (nSPS) is 11.6. The molecule has 0 aliphatic carbocycles. The summed E-state index contributed by atoms with van der Waals surface area (Å²) < 4.78 is 2.35. The van der Waals surface area contributed by atoms with Crippen LogP contribution in [-0.2, 0) is 0 Å². The molecule has 0 saturated heterocycles. The lowest BCUT2D eigenvalue weighted by molar-refractivity contribution is 1.18. The van der Waals surface area contributed by atoms with E-state index in [0.717, 1.165) is 39.2 Å². The van der Waals surface area contributed by atoms with E-state index >= 15 is 0 Å². The highest BCUT2D eigenvalue weighted by Gasteiger charge is 2.16. The van der Waals surface area contributed by atoms with Gasteiger partial charge in [0.1, 0.15) is 0 Å². The summed E-state index contributed by atoms with van der Waals surface area (Å²) in [6.07, 6.45) is 0. The van der Waals surface area contributed by atoms with Gasteiger partial charge in [-0.3, -0.25) is 0 Å². The lowest BCUT2D eigenvalue weighted by Gasteiger charge is -2.13. The minimum Gasteiger partial charge on any atom is -0.309 e. The Balaban J connectivity index is 1.41. The van der Waals surface area contributed by atoms with Gasteiger partial charge in [-0.2, -0.15) is 0 Å². The van der Waals surface area contributed by atoms with Gasteiger partial charge in [-0.25, -0.2) is 9.97 Å². The summed E-state index contributed by atoms with van der Waals surface area (Å²) >= 11 is 0. The van der Waals surface area contributed by atoms with Gasteiger partial charge in [-0.15, -0.1) is 0 Å². The second-order valence-corrected chi connectivity index (χ2v) is 9.89. The molecule has 0 N–H and O–H groups in total. The van der Waals surface area contributed by atoms with E-state index in [-0.39, 0.29) is 0 Å². The molecular weight excluding hydrogens is 474 g/mol. The van der Waals surface area contributed by atoms with Crippen molar-refractivity contribution in [3.8, 4) is 28.2 Å².